The summed E-state index contributed by atoms with van der Waals surface area (Å²) in [6.07, 6.45) is 1.81. The van der Waals surface area contributed by atoms with E-state index in [0.29, 0.717) is 10.8 Å². The highest BCUT2D eigenvalue weighted by Gasteiger charge is 2.32. The number of hydrogen-bond acceptors (Lipinski definition) is 4. The average molecular weight is 447 g/mol. The molecular formula is C25H22N2O2S2. The lowest BCUT2D eigenvalue weighted by Gasteiger charge is -2.14. The summed E-state index contributed by atoms with van der Waals surface area (Å²) in [5, 5.41) is 3.42. The van der Waals surface area contributed by atoms with Gasteiger partial charge in [-0.25, -0.2) is 0 Å². The number of rotatable bonds is 6. The molecule has 0 saturated carbocycles. The number of nitrogens with one attached hydrogen (secondary N) is 1. The number of hydrogen-bond donors (Lipinski definition) is 1. The van der Waals surface area contributed by atoms with Crippen LogP contribution in [0, 0.1) is 6.92 Å². The normalized spacial score (nSPS) is 14.8. The number of amides is 1. The van der Waals surface area contributed by atoms with E-state index < -0.39 is 0 Å². The maximum absolute atomic E-state index is 13.0. The van der Waals surface area contributed by atoms with E-state index in [1.54, 1.807) is 24.9 Å². The summed E-state index contributed by atoms with van der Waals surface area (Å²) in [4.78, 5) is 15.7. The third-order valence-electron chi connectivity index (χ3n) is 4.90. The van der Waals surface area contributed by atoms with Crippen LogP contribution >= 0.6 is 24.0 Å². The van der Waals surface area contributed by atoms with E-state index >= 15 is 0 Å². The van der Waals surface area contributed by atoms with Crippen LogP contribution < -0.4 is 15.0 Å². The van der Waals surface area contributed by atoms with Gasteiger partial charge in [0, 0.05) is 16.2 Å². The molecule has 3 aromatic carbocycles. The lowest BCUT2D eigenvalue weighted by Crippen LogP contribution is -2.30. The molecule has 0 atom stereocenters. The monoisotopic (exact) mass is 446 g/mol. The van der Waals surface area contributed by atoms with Crippen molar-refractivity contribution in [3.63, 3.8) is 0 Å². The van der Waals surface area contributed by atoms with Crippen LogP contribution in [0.5, 0.6) is 5.75 Å². The highest BCUT2D eigenvalue weighted by molar-refractivity contribution is 7.98. The van der Waals surface area contributed by atoms with E-state index in [9.17, 15) is 4.79 Å². The van der Waals surface area contributed by atoms with Crippen molar-refractivity contribution in [3.05, 3.63) is 95.2 Å². The lowest BCUT2D eigenvalue weighted by atomic mass is 10.1. The summed E-state index contributed by atoms with van der Waals surface area (Å²) in [5.74, 6) is 1.42. The number of carbonyl (C=O) groups is 1. The molecule has 1 N–H and O–H groups in total. The van der Waals surface area contributed by atoms with E-state index in [2.05, 4.69) is 17.4 Å². The zero-order chi connectivity index (χ0) is 21.8. The van der Waals surface area contributed by atoms with Crippen LogP contribution in [0.2, 0.25) is 0 Å². The smallest absolute Gasteiger partial charge is 0.281 e. The Labute approximate surface area is 191 Å². The molecule has 6 heteroatoms. The Bertz CT molecular complexity index is 1160. The fourth-order valence-corrected chi connectivity index (χ4v) is 4.56. The molecule has 0 bridgehead atoms. The van der Waals surface area contributed by atoms with Crippen molar-refractivity contribution in [2.24, 2.45) is 0 Å². The number of thiocarbonyl (C=S) groups is 1. The highest BCUT2D eigenvalue weighted by Crippen LogP contribution is 2.30. The second-order valence-electron chi connectivity index (χ2n) is 7.14. The molecular weight excluding hydrogens is 424 g/mol. The molecule has 0 unspecified atom stereocenters. The van der Waals surface area contributed by atoms with Crippen molar-refractivity contribution >= 4 is 46.8 Å². The summed E-state index contributed by atoms with van der Waals surface area (Å²) in [5.41, 5.74) is 4.24. The number of methoxy groups -OCH3 is 1. The van der Waals surface area contributed by atoms with Crippen molar-refractivity contribution in [1.29, 1.82) is 0 Å². The second-order valence-corrected chi connectivity index (χ2v) is 8.58. The first-order chi connectivity index (χ1) is 15.0. The molecule has 1 aliphatic heterocycles. The number of nitrogens with zero attached hydrogens (tertiary/aromatic N) is 1. The molecule has 0 aliphatic carbocycles. The molecule has 0 aromatic heterocycles. The van der Waals surface area contributed by atoms with Crippen LogP contribution in [0.1, 0.15) is 16.7 Å². The summed E-state index contributed by atoms with van der Waals surface area (Å²) < 4.78 is 5.61. The van der Waals surface area contributed by atoms with Gasteiger partial charge in [-0.15, -0.1) is 11.8 Å². The van der Waals surface area contributed by atoms with E-state index in [0.717, 1.165) is 33.9 Å². The quantitative estimate of drug-likeness (QED) is 0.305. The molecule has 156 valence electrons. The van der Waals surface area contributed by atoms with Crippen LogP contribution in [0.15, 0.2) is 83.4 Å². The van der Waals surface area contributed by atoms with Crippen molar-refractivity contribution in [2.75, 3.05) is 12.0 Å². The van der Waals surface area contributed by atoms with Gasteiger partial charge in [-0.2, -0.15) is 0 Å². The second kappa shape index (κ2) is 9.37. The number of benzene rings is 3. The Balaban J connectivity index is 1.54. The van der Waals surface area contributed by atoms with Gasteiger partial charge in [0.05, 0.1) is 12.8 Å². The average Bonchev–Trinajstić information content (AvgIpc) is 3.06. The van der Waals surface area contributed by atoms with E-state index in [1.807, 2.05) is 67.6 Å². The predicted molar refractivity (Wildman–Crippen MR) is 131 cm³/mol. The van der Waals surface area contributed by atoms with E-state index in [1.165, 1.54) is 9.80 Å². The molecule has 1 amide bonds. The molecule has 0 spiro atoms. The van der Waals surface area contributed by atoms with Gasteiger partial charge in [-0.3, -0.25) is 9.69 Å². The van der Waals surface area contributed by atoms with Crippen LogP contribution in [0.4, 0.5) is 5.69 Å². The molecule has 3 aromatic rings. The zero-order valence-electron chi connectivity index (χ0n) is 17.3. The first-order valence-electron chi connectivity index (χ1n) is 9.84. The molecule has 1 heterocycles. The maximum atomic E-state index is 13.0. The molecule has 1 fully saturated rings. The molecule has 1 saturated heterocycles. The van der Waals surface area contributed by atoms with Crippen LogP contribution in [-0.4, -0.2) is 18.1 Å². The van der Waals surface area contributed by atoms with E-state index in [-0.39, 0.29) is 5.91 Å². The number of anilines is 1. The Morgan fingerprint density at radius 3 is 2.61 bits per heavy atom. The summed E-state index contributed by atoms with van der Waals surface area (Å²) in [7, 11) is 1.66. The lowest BCUT2D eigenvalue weighted by molar-refractivity contribution is -0.113. The van der Waals surface area contributed by atoms with Gasteiger partial charge >= 0.3 is 0 Å². The standard InChI is InChI=1S/C25H22N2O2S2/c1-17-7-6-8-20(13-17)27-24(28)22(26-25(27)30)14-18-11-12-19(23(15-18)29-2)16-31-21-9-4-3-5-10-21/h3-15H,16H2,1-2H3,(H,26,30)/b22-14+. The van der Waals surface area contributed by atoms with Crippen LogP contribution in [-0.2, 0) is 10.5 Å². The van der Waals surface area contributed by atoms with Gasteiger partial charge in [0.15, 0.2) is 5.11 Å². The minimum atomic E-state index is -0.168. The Hall–Kier alpha value is -3.09. The topological polar surface area (TPSA) is 41.6 Å². The van der Waals surface area contributed by atoms with Gasteiger partial charge in [0.1, 0.15) is 11.4 Å². The SMILES string of the molecule is COc1cc(/C=C2/NC(=S)N(c3cccc(C)c3)C2=O)ccc1CSc1ccccc1. The third kappa shape index (κ3) is 4.81. The minimum absolute atomic E-state index is 0.168. The summed E-state index contributed by atoms with van der Waals surface area (Å²) >= 11 is 7.17. The van der Waals surface area contributed by atoms with Gasteiger partial charge in [-0.1, -0.05) is 42.5 Å². The third-order valence-corrected chi connectivity index (χ3v) is 6.24. The molecule has 0 radical (unpaired) electrons. The Kier molecular flexibility index (Phi) is 6.39. The molecule has 31 heavy (non-hydrogen) atoms. The van der Waals surface area contributed by atoms with Gasteiger partial charge in [-0.05, 0) is 66.7 Å². The first-order valence-corrected chi connectivity index (χ1v) is 11.2. The summed E-state index contributed by atoms with van der Waals surface area (Å²) in [6, 6.07) is 24.0. The van der Waals surface area contributed by atoms with E-state index in [4.69, 9.17) is 17.0 Å². The molecule has 4 rings (SSSR count). The van der Waals surface area contributed by atoms with Crippen molar-refractivity contribution in [1.82, 2.24) is 5.32 Å². The van der Waals surface area contributed by atoms with Gasteiger partial charge in [0.25, 0.3) is 5.91 Å². The van der Waals surface area contributed by atoms with Crippen molar-refractivity contribution in [2.45, 2.75) is 17.6 Å². The van der Waals surface area contributed by atoms with Crippen LogP contribution in [0.25, 0.3) is 6.08 Å². The maximum Gasteiger partial charge on any atom is 0.281 e. The molecule has 1 aliphatic rings. The van der Waals surface area contributed by atoms with Crippen molar-refractivity contribution in [3.8, 4) is 5.75 Å². The zero-order valence-corrected chi connectivity index (χ0v) is 18.9. The van der Waals surface area contributed by atoms with Crippen LogP contribution in [0.3, 0.4) is 0 Å². The fraction of sp³-hybridized carbons (Fsp3) is 0.120. The highest BCUT2D eigenvalue weighted by atomic mass is 32.2. The van der Waals surface area contributed by atoms with Gasteiger partial charge in [0.2, 0.25) is 0 Å². The molecule has 4 nitrogen and oxygen atoms in total. The number of ether oxygens (including phenoxy) is 1. The summed E-state index contributed by atoms with van der Waals surface area (Å²) in [6.45, 7) is 1.99. The number of carbonyl (C=O) groups excluding carboxylic acids is 1. The predicted octanol–water partition coefficient (Wildman–Crippen LogP) is 5.56. The number of aryl methyl sites for hydroxylation is 1. The Morgan fingerprint density at radius 2 is 1.87 bits per heavy atom. The minimum Gasteiger partial charge on any atom is -0.496 e. The van der Waals surface area contributed by atoms with Gasteiger partial charge < -0.3 is 10.1 Å². The van der Waals surface area contributed by atoms with Crippen molar-refractivity contribution < 1.29 is 9.53 Å². The fourth-order valence-electron chi connectivity index (χ4n) is 3.35. The largest absolute Gasteiger partial charge is 0.496 e. The Morgan fingerprint density at radius 1 is 1.06 bits per heavy atom. The number of thioether (sulfide) groups is 1. The first kappa shape index (κ1) is 21.2.